The Labute approximate surface area is 114 Å². The van der Waals surface area contributed by atoms with Crippen molar-refractivity contribution in [3.8, 4) is 0 Å². The van der Waals surface area contributed by atoms with Gasteiger partial charge in [0.05, 0.1) is 0 Å². The van der Waals surface area contributed by atoms with Gasteiger partial charge in [-0.25, -0.2) is 4.98 Å². The molecular weight excluding hydrogens is 240 g/mol. The van der Waals surface area contributed by atoms with Gasteiger partial charge in [-0.2, -0.15) is 0 Å². The number of nitrogens with two attached hydrogens (primary N) is 1. The molecule has 0 spiro atoms. The summed E-state index contributed by atoms with van der Waals surface area (Å²) in [5.74, 6) is -0.0589. The van der Waals surface area contributed by atoms with Crippen molar-refractivity contribution in [2.75, 3.05) is 19.6 Å². The summed E-state index contributed by atoms with van der Waals surface area (Å²) in [6.07, 6.45) is 5.62. The van der Waals surface area contributed by atoms with E-state index in [0.717, 1.165) is 32.5 Å². The number of amides is 1. The lowest BCUT2D eigenvalue weighted by Crippen LogP contribution is -2.40. The molecule has 0 bridgehead atoms. The monoisotopic (exact) mass is 264 g/mol. The number of aromatic nitrogens is 2. The summed E-state index contributed by atoms with van der Waals surface area (Å²) in [5.41, 5.74) is 5.68. The SMILES string of the molecule is CC(C)(C)CN1CCC(n2ccnc2C(N)=O)CC1. The summed E-state index contributed by atoms with van der Waals surface area (Å²) < 4.78 is 1.94. The largest absolute Gasteiger partial charge is 0.363 e. The third-order valence-corrected chi connectivity index (χ3v) is 3.54. The lowest BCUT2D eigenvalue weighted by atomic mass is 9.94. The second-order valence-electron chi connectivity index (χ2n) is 6.59. The Hall–Kier alpha value is -1.36. The standard InChI is InChI=1S/C14H24N4O/c1-14(2,3)10-17-7-4-11(5-8-17)18-9-6-16-13(18)12(15)19/h6,9,11H,4-5,7-8,10H2,1-3H3,(H2,15,19). The number of imidazole rings is 1. The van der Waals surface area contributed by atoms with E-state index in [1.165, 1.54) is 0 Å². The maximum Gasteiger partial charge on any atom is 0.284 e. The van der Waals surface area contributed by atoms with Gasteiger partial charge in [-0.15, -0.1) is 0 Å². The van der Waals surface area contributed by atoms with E-state index in [1.54, 1.807) is 6.20 Å². The van der Waals surface area contributed by atoms with Crippen LogP contribution < -0.4 is 5.73 Å². The van der Waals surface area contributed by atoms with Crippen molar-refractivity contribution in [2.45, 2.75) is 39.7 Å². The predicted molar refractivity (Wildman–Crippen MR) is 74.9 cm³/mol. The van der Waals surface area contributed by atoms with E-state index in [1.807, 2.05) is 10.8 Å². The zero-order valence-electron chi connectivity index (χ0n) is 12.1. The van der Waals surface area contributed by atoms with Crippen LogP contribution in [0.4, 0.5) is 0 Å². The average molecular weight is 264 g/mol. The molecule has 1 fully saturated rings. The van der Waals surface area contributed by atoms with Crippen molar-refractivity contribution in [2.24, 2.45) is 11.1 Å². The van der Waals surface area contributed by atoms with E-state index < -0.39 is 5.91 Å². The molecule has 106 valence electrons. The molecule has 1 aliphatic heterocycles. The fraction of sp³-hybridized carbons (Fsp3) is 0.714. The first kappa shape index (κ1) is 14.1. The minimum atomic E-state index is -0.442. The van der Waals surface area contributed by atoms with E-state index in [2.05, 4.69) is 30.7 Å². The van der Waals surface area contributed by atoms with E-state index in [4.69, 9.17) is 5.73 Å². The quantitative estimate of drug-likeness (QED) is 0.903. The highest BCUT2D eigenvalue weighted by Crippen LogP contribution is 2.26. The second-order valence-corrected chi connectivity index (χ2v) is 6.59. The van der Waals surface area contributed by atoms with Gasteiger partial charge in [0.2, 0.25) is 0 Å². The molecule has 1 aromatic heterocycles. The molecule has 0 aromatic carbocycles. The van der Waals surface area contributed by atoms with Crippen LogP contribution in [0.5, 0.6) is 0 Å². The first-order valence-electron chi connectivity index (χ1n) is 6.92. The third kappa shape index (κ3) is 3.56. The van der Waals surface area contributed by atoms with Crippen LogP contribution in [0.1, 0.15) is 50.3 Å². The maximum atomic E-state index is 11.3. The molecule has 0 aliphatic carbocycles. The van der Waals surface area contributed by atoms with Gasteiger partial charge in [0.25, 0.3) is 5.91 Å². The van der Waals surface area contributed by atoms with Crippen molar-refractivity contribution < 1.29 is 4.79 Å². The molecule has 1 saturated heterocycles. The molecule has 2 N–H and O–H groups in total. The molecule has 1 amide bonds. The molecule has 0 saturated carbocycles. The molecular formula is C14H24N4O. The van der Waals surface area contributed by atoms with Gasteiger partial charge >= 0.3 is 0 Å². The number of likely N-dealkylation sites (tertiary alicyclic amines) is 1. The summed E-state index contributed by atoms with van der Waals surface area (Å²) >= 11 is 0. The number of primary amides is 1. The fourth-order valence-electron chi connectivity index (χ4n) is 2.82. The zero-order valence-corrected chi connectivity index (χ0v) is 12.1. The zero-order chi connectivity index (χ0) is 14.0. The van der Waals surface area contributed by atoms with Crippen molar-refractivity contribution in [3.63, 3.8) is 0 Å². The van der Waals surface area contributed by atoms with Crippen LogP contribution in [-0.4, -0.2) is 40.0 Å². The Kier molecular flexibility index (Phi) is 3.94. The predicted octanol–water partition coefficient (Wildman–Crippen LogP) is 1.67. The molecule has 19 heavy (non-hydrogen) atoms. The Bertz CT molecular complexity index is 439. The number of hydrogen-bond acceptors (Lipinski definition) is 3. The van der Waals surface area contributed by atoms with Crippen LogP contribution in [-0.2, 0) is 0 Å². The van der Waals surface area contributed by atoms with E-state index in [0.29, 0.717) is 17.3 Å². The van der Waals surface area contributed by atoms with Crippen LogP contribution in [0.25, 0.3) is 0 Å². The fourth-order valence-corrected chi connectivity index (χ4v) is 2.82. The Morgan fingerprint density at radius 3 is 2.58 bits per heavy atom. The molecule has 0 unspecified atom stereocenters. The number of carbonyl (C=O) groups excluding carboxylic acids is 1. The first-order valence-corrected chi connectivity index (χ1v) is 6.92. The van der Waals surface area contributed by atoms with Crippen molar-refractivity contribution in [1.29, 1.82) is 0 Å². The third-order valence-electron chi connectivity index (χ3n) is 3.54. The lowest BCUT2D eigenvalue weighted by molar-refractivity contribution is 0.0975. The Morgan fingerprint density at radius 1 is 1.42 bits per heavy atom. The Balaban J connectivity index is 1.96. The molecule has 1 aliphatic rings. The van der Waals surface area contributed by atoms with Crippen molar-refractivity contribution in [1.82, 2.24) is 14.5 Å². The lowest BCUT2D eigenvalue weighted by Gasteiger charge is -2.36. The van der Waals surface area contributed by atoms with Gasteiger partial charge in [0.1, 0.15) is 0 Å². The summed E-state index contributed by atoms with van der Waals surface area (Å²) in [4.78, 5) is 17.8. The van der Waals surface area contributed by atoms with Gasteiger partial charge in [-0.1, -0.05) is 20.8 Å². The number of piperidine rings is 1. The summed E-state index contributed by atoms with van der Waals surface area (Å²) in [7, 11) is 0. The number of rotatable bonds is 3. The van der Waals surface area contributed by atoms with Crippen LogP contribution in [0.15, 0.2) is 12.4 Å². The highest BCUT2D eigenvalue weighted by Gasteiger charge is 2.25. The smallest absolute Gasteiger partial charge is 0.284 e. The minimum absolute atomic E-state index is 0.334. The number of carbonyl (C=O) groups is 1. The molecule has 1 aromatic rings. The Morgan fingerprint density at radius 2 is 2.05 bits per heavy atom. The number of nitrogens with zero attached hydrogens (tertiary/aromatic N) is 3. The van der Waals surface area contributed by atoms with Crippen LogP contribution in [0.2, 0.25) is 0 Å². The average Bonchev–Trinajstić information content (AvgIpc) is 2.76. The van der Waals surface area contributed by atoms with Crippen molar-refractivity contribution >= 4 is 5.91 Å². The normalized spacial score (nSPS) is 18.7. The van der Waals surface area contributed by atoms with Crippen LogP contribution in [0, 0.1) is 5.41 Å². The van der Waals surface area contributed by atoms with Gasteiger partial charge in [-0.3, -0.25) is 4.79 Å². The van der Waals surface area contributed by atoms with Gasteiger partial charge in [-0.05, 0) is 18.3 Å². The minimum Gasteiger partial charge on any atom is -0.363 e. The summed E-state index contributed by atoms with van der Waals surface area (Å²) in [6.45, 7) is 10.0. The van der Waals surface area contributed by atoms with Crippen molar-refractivity contribution in [3.05, 3.63) is 18.2 Å². The molecule has 2 rings (SSSR count). The van der Waals surface area contributed by atoms with E-state index in [9.17, 15) is 4.79 Å². The second kappa shape index (κ2) is 5.33. The number of hydrogen-bond donors (Lipinski definition) is 1. The van der Waals surface area contributed by atoms with Crippen LogP contribution in [0.3, 0.4) is 0 Å². The summed E-state index contributed by atoms with van der Waals surface area (Å²) in [6, 6.07) is 0.348. The topological polar surface area (TPSA) is 64.2 Å². The van der Waals surface area contributed by atoms with Gasteiger partial charge in [0.15, 0.2) is 5.82 Å². The van der Waals surface area contributed by atoms with E-state index in [-0.39, 0.29) is 0 Å². The highest BCUT2D eigenvalue weighted by atomic mass is 16.1. The molecule has 5 heteroatoms. The van der Waals surface area contributed by atoms with Gasteiger partial charge in [0, 0.05) is 38.1 Å². The molecule has 0 atom stereocenters. The van der Waals surface area contributed by atoms with Crippen LogP contribution >= 0.6 is 0 Å². The molecule has 2 heterocycles. The van der Waals surface area contributed by atoms with E-state index >= 15 is 0 Å². The maximum absolute atomic E-state index is 11.3. The highest BCUT2D eigenvalue weighted by molar-refractivity contribution is 5.89. The first-order chi connectivity index (χ1) is 8.87. The summed E-state index contributed by atoms with van der Waals surface area (Å²) in [5, 5.41) is 0. The molecule has 0 radical (unpaired) electrons. The molecule has 5 nitrogen and oxygen atoms in total. The van der Waals surface area contributed by atoms with Gasteiger partial charge < -0.3 is 15.2 Å².